The second-order valence-electron chi connectivity index (χ2n) is 3.01. The molecule has 18 heavy (non-hydrogen) atoms. The van der Waals surface area contributed by atoms with E-state index in [4.69, 9.17) is 0 Å². The molecule has 0 N–H and O–H groups in total. The van der Waals surface area contributed by atoms with Gasteiger partial charge in [-0.15, -0.1) is 0 Å². The molecular weight excluding hydrogens is 267 g/mol. The maximum absolute atomic E-state index is 12.5. The number of aromatic nitrogens is 1. The predicted molar refractivity (Wildman–Crippen MR) is 47.4 cm³/mol. The van der Waals surface area contributed by atoms with E-state index in [9.17, 15) is 32.1 Å². The Morgan fingerprint density at radius 2 is 2.00 bits per heavy atom. The molecule has 0 aliphatic heterocycles. The van der Waals surface area contributed by atoms with Gasteiger partial charge >= 0.3 is 17.9 Å². The summed E-state index contributed by atoms with van der Waals surface area (Å²) in [5.74, 6) is -2.49. The van der Waals surface area contributed by atoms with Crippen molar-refractivity contribution in [1.82, 2.24) is 4.98 Å². The first kappa shape index (κ1) is 14.1. The average molecular weight is 272 g/mol. The average Bonchev–Trinajstić information content (AvgIpc) is 2.25. The number of ether oxygens (including phenoxy) is 1. The van der Waals surface area contributed by atoms with Crippen LogP contribution in [-0.4, -0.2) is 17.0 Å². The van der Waals surface area contributed by atoms with Gasteiger partial charge in [-0.3, -0.25) is 0 Å². The second-order valence-corrected chi connectivity index (χ2v) is 3.01. The van der Waals surface area contributed by atoms with Gasteiger partial charge in [-0.25, -0.2) is 8.78 Å². The van der Waals surface area contributed by atoms with Crippen LogP contribution in [0.1, 0.15) is 17.6 Å². The minimum Gasteiger partial charge on any atom is -0.462 e. The van der Waals surface area contributed by atoms with Crippen LogP contribution >= 0.6 is 0 Å². The Balaban J connectivity index is 3.57. The Morgan fingerprint density at radius 1 is 1.44 bits per heavy atom. The molecule has 0 bridgehead atoms. The minimum atomic E-state index is -5.00. The second kappa shape index (κ2) is 4.70. The summed E-state index contributed by atoms with van der Waals surface area (Å²) >= 11 is 0. The van der Waals surface area contributed by atoms with Crippen LogP contribution < -0.4 is 4.74 Å². The Kier molecular flexibility index (Phi) is 3.67. The Morgan fingerprint density at radius 3 is 2.33 bits per heavy atom. The molecule has 1 heterocycles. The highest BCUT2D eigenvalue weighted by atomic mass is 19.4. The van der Waals surface area contributed by atoms with Crippen LogP contribution in [0.2, 0.25) is 0 Å². The lowest BCUT2D eigenvalue weighted by molar-refractivity contribution is -0.391. The SMILES string of the molecule is COc1nc([N+](=O)[O-])c(C(F)F)cc1C(F)(F)F. The fourth-order valence-corrected chi connectivity index (χ4v) is 1.17. The molecule has 0 saturated heterocycles. The number of halogens is 5. The van der Waals surface area contributed by atoms with Gasteiger partial charge in [-0.05, 0) is 11.0 Å². The number of nitrogens with zero attached hydrogens (tertiary/aromatic N) is 2. The molecule has 0 aromatic carbocycles. The monoisotopic (exact) mass is 272 g/mol. The largest absolute Gasteiger partial charge is 0.462 e. The maximum atomic E-state index is 12.5. The highest BCUT2D eigenvalue weighted by Crippen LogP contribution is 2.40. The normalized spacial score (nSPS) is 11.7. The molecule has 10 heteroatoms. The van der Waals surface area contributed by atoms with E-state index < -0.39 is 40.3 Å². The van der Waals surface area contributed by atoms with Gasteiger partial charge in [0.05, 0.1) is 7.11 Å². The van der Waals surface area contributed by atoms with Crippen molar-refractivity contribution in [1.29, 1.82) is 0 Å². The third-order valence-corrected chi connectivity index (χ3v) is 1.90. The fourth-order valence-electron chi connectivity index (χ4n) is 1.17. The molecule has 0 radical (unpaired) electrons. The molecule has 100 valence electrons. The van der Waals surface area contributed by atoms with Crippen LogP contribution in [0.5, 0.6) is 5.88 Å². The van der Waals surface area contributed by atoms with Crippen LogP contribution in [0.3, 0.4) is 0 Å². The number of nitro groups is 1. The zero-order valence-corrected chi connectivity index (χ0v) is 8.66. The minimum absolute atomic E-state index is 0.0331. The van der Waals surface area contributed by atoms with Crippen molar-refractivity contribution < 1.29 is 31.6 Å². The number of rotatable bonds is 3. The molecule has 0 saturated carbocycles. The molecule has 5 nitrogen and oxygen atoms in total. The summed E-state index contributed by atoms with van der Waals surface area (Å²) in [7, 11) is 0.795. The fraction of sp³-hybridized carbons (Fsp3) is 0.375. The third kappa shape index (κ3) is 2.63. The lowest BCUT2D eigenvalue weighted by atomic mass is 10.1. The van der Waals surface area contributed by atoms with Crippen molar-refractivity contribution in [2.45, 2.75) is 12.6 Å². The van der Waals surface area contributed by atoms with E-state index >= 15 is 0 Å². The molecule has 0 spiro atoms. The first-order valence-electron chi connectivity index (χ1n) is 4.27. The zero-order valence-electron chi connectivity index (χ0n) is 8.66. The first-order valence-corrected chi connectivity index (χ1v) is 4.27. The smallest absolute Gasteiger partial charge is 0.423 e. The van der Waals surface area contributed by atoms with Gasteiger partial charge < -0.3 is 14.9 Å². The topological polar surface area (TPSA) is 65.3 Å². The molecular formula is C8H5F5N2O3. The van der Waals surface area contributed by atoms with Crippen LogP contribution in [0, 0.1) is 10.1 Å². The summed E-state index contributed by atoms with van der Waals surface area (Å²) in [6, 6.07) is -0.0331. The van der Waals surface area contributed by atoms with E-state index in [1.165, 1.54) is 0 Å². The van der Waals surface area contributed by atoms with Crippen molar-refractivity contribution in [3.63, 3.8) is 0 Å². The molecule has 1 aromatic rings. The van der Waals surface area contributed by atoms with Gasteiger partial charge in [0.1, 0.15) is 11.1 Å². The van der Waals surface area contributed by atoms with Gasteiger partial charge in [0.25, 0.3) is 6.43 Å². The summed E-state index contributed by atoms with van der Waals surface area (Å²) in [6.07, 6.45) is -8.46. The van der Waals surface area contributed by atoms with Gasteiger partial charge in [-0.2, -0.15) is 13.2 Å². The first-order chi connectivity index (χ1) is 8.18. The van der Waals surface area contributed by atoms with Crippen LogP contribution in [0.4, 0.5) is 27.8 Å². The van der Waals surface area contributed by atoms with E-state index in [0.29, 0.717) is 0 Å². The highest BCUT2D eigenvalue weighted by molar-refractivity contribution is 5.43. The summed E-state index contributed by atoms with van der Waals surface area (Å²) in [5.41, 5.74) is -3.00. The number of hydrogen-bond donors (Lipinski definition) is 0. The van der Waals surface area contributed by atoms with E-state index in [1.54, 1.807) is 0 Å². The van der Waals surface area contributed by atoms with Crippen LogP contribution in [0.25, 0.3) is 0 Å². The standard InChI is InChI=1S/C8H5F5N2O3/c1-18-7-4(8(11,12)13)2-3(5(9)10)6(14-7)15(16)17/h2,5H,1H3. The lowest BCUT2D eigenvalue weighted by Gasteiger charge is -2.10. The van der Waals surface area contributed by atoms with E-state index in [0.717, 1.165) is 7.11 Å². The summed E-state index contributed by atoms with van der Waals surface area (Å²) in [6.45, 7) is 0. The molecule has 0 aliphatic rings. The van der Waals surface area contributed by atoms with E-state index in [2.05, 4.69) is 9.72 Å². The molecule has 0 atom stereocenters. The lowest BCUT2D eigenvalue weighted by Crippen LogP contribution is -2.12. The Labute approximate surface area is 96.3 Å². The molecule has 0 aliphatic carbocycles. The quantitative estimate of drug-likeness (QED) is 0.482. The third-order valence-electron chi connectivity index (χ3n) is 1.90. The van der Waals surface area contributed by atoms with Crippen molar-refractivity contribution in [3.8, 4) is 5.88 Å². The van der Waals surface area contributed by atoms with E-state index in [1.807, 2.05) is 0 Å². The van der Waals surface area contributed by atoms with Crippen LogP contribution in [-0.2, 0) is 6.18 Å². The van der Waals surface area contributed by atoms with Gasteiger partial charge in [0.15, 0.2) is 0 Å². The van der Waals surface area contributed by atoms with Crippen molar-refractivity contribution in [3.05, 3.63) is 27.3 Å². The van der Waals surface area contributed by atoms with Gasteiger partial charge in [0.2, 0.25) is 0 Å². The van der Waals surface area contributed by atoms with Crippen molar-refractivity contribution in [2.75, 3.05) is 7.11 Å². The summed E-state index contributed by atoms with van der Waals surface area (Å²) in [5, 5.41) is 10.4. The number of methoxy groups -OCH3 is 1. The predicted octanol–water partition coefficient (Wildman–Crippen LogP) is 2.95. The van der Waals surface area contributed by atoms with Gasteiger partial charge in [-0.1, -0.05) is 0 Å². The molecule has 0 amide bonds. The maximum Gasteiger partial charge on any atom is 0.423 e. The zero-order chi connectivity index (χ0) is 14.1. The van der Waals surface area contributed by atoms with Crippen molar-refractivity contribution in [2.24, 2.45) is 0 Å². The van der Waals surface area contributed by atoms with Gasteiger partial charge in [0, 0.05) is 4.98 Å². The Hall–Kier alpha value is -2.00. The summed E-state index contributed by atoms with van der Waals surface area (Å²) < 4.78 is 66.5. The molecule has 1 aromatic heterocycles. The molecule has 0 fully saturated rings. The highest BCUT2D eigenvalue weighted by Gasteiger charge is 2.41. The van der Waals surface area contributed by atoms with E-state index in [-0.39, 0.29) is 6.07 Å². The number of alkyl halides is 5. The molecule has 0 unspecified atom stereocenters. The summed E-state index contributed by atoms with van der Waals surface area (Å²) in [4.78, 5) is 12.0. The number of pyridine rings is 1. The van der Waals surface area contributed by atoms with Crippen molar-refractivity contribution >= 4 is 5.82 Å². The Bertz CT molecular complexity index is 475. The van der Waals surface area contributed by atoms with Crippen LogP contribution in [0.15, 0.2) is 6.07 Å². The number of hydrogen-bond acceptors (Lipinski definition) is 4. The molecule has 1 rings (SSSR count).